The van der Waals surface area contributed by atoms with E-state index in [2.05, 4.69) is 23.4 Å². The van der Waals surface area contributed by atoms with Crippen molar-refractivity contribution in [3.8, 4) is 0 Å². The molecule has 1 aliphatic carbocycles. The van der Waals surface area contributed by atoms with Crippen LogP contribution in [0.25, 0.3) is 0 Å². The number of allylic oxidation sites excluding steroid dienone is 1. The molecular formula is C18H27N3O2. The maximum atomic E-state index is 12.6. The molecule has 126 valence electrons. The van der Waals surface area contributed by atoms with Crippen molar-refractivity contribution in [3.05, 3.63) is 29.6 Å². The molecule has 1 fully saturated rings. The molecule has 5 heteroatoms. The lowest BCUT2D eigenvalue weighted by Gasteiger charge is -2.30. The monoisotopic (exact) mass is 317 g/mol. The lowest BCUT2D eigenvalue weighted by atomic mass is 9.90. The molecule has 2 atom stereocenters. The first-order valence-electron chi connectivity index (χ1n) is 8.87. The first-order valence-corrected chi connectivity index (χ1v) is 8.87. The number of hydrogen-bond donors (Lipinski definition) is 1. The predicted octanol–water partition coefficient (Wildman–Crippen LogP) is 2.99. The second kappa shape index (κ2) is 7.77. The lowest BCUT2D eigenvalue weighted by molar-refractivity contribution is -0.134. The van der Waals surface area contributed by atoms with Gasteiger partial charge in [0.25, 0.3) is 0 Å². The second-order valence-corrected chi connectivity index (χ2v) is 6.47. The molecule has 1 aromatic heterocycles. The number of ether oxygens (including phenoxy) is 1. The third-order valence-corrected chi connectivity index (χ3v) is 4.85. The van der Waals surface area contributed by atoms with Crippen molar-refractivity contribution < 1.29 is 9.53 Å². The molecule has 1 saturated heterocycles. The van der Waals surface area contributed by atoms with Crippen LogP contribution in [0.2, 0.25) is 0 Å². The molecule has 0 saturated carbocycles. The molecule has 0 radical (unpaired) electrons. The lowest BCUT2D eigenvalue weighted by Crippen LogP contribution is -2.38. The number of nitrogens with one attached hydrogen (secondary N) is 1. The number of amides is 1. The van der Waals surface area contributed by atoms with E-state index in [1.807, 2.05) is 17.1 Å². The highest BCUT2D eigenvalue weighted by atomic mass is 16.5. The number of rotatable bonds is 6. The van der Waals surface area contributed by atoms with E-state index in [1.165, 1.54) is 24.8 Å². The van der Waals surface area contributed by atoms with Crippen LogP contribution in [0.15, 0.2) is 24.0 Å². The molecule has 2 heterocycles. The van der Waals surface area contributed by atoms with Crippen LogP contribution < -0.4 is 5.32 Å². The fraction of sp³-hybridized carbons (Fsp3) is 0.667. The average Bonchev–Trinajstić information content (AvgIpc) is 3.26. The molecule has 1 N–H and O–H groups in total. The summed E-state index contributed by atoms with van der Waals surface area (Å²) in [5.41, 5.74) is 2.51. The van der Waals surface area contributed by atoms with Crippen molar-refractivity contribution in [2.75, 3.05) is 13.2 Å². The minimum absolute atomic E-state index is 0.101. The van der Waals surface area contributed by atoms with Crippen LogP contribution >= 0.6 is 0 Å². The largest absolute Gasteiger partial charge is 0.373 e. The Hall–Kier alpha value is -1.62. The highest BCUT2D eigenvalue weighted by Gasteiger charge is 2.33. The Bertz CT molecular complexity index is 564. The molecule has 1 aromatic rings. The summed E-state index contributed by atoms with van der Waals surface area (Å²) in [6, 6.07) is 0. The minimum Gasteiger partial charge on any atom is -0.373 e. The predicted molar refractivity (Wildman–Crippen MR) is 88.9 cm³/mol. The summed E-state index contributed by atoms with van der Waals surface area (Å²) >= 11 is 0. The molecule has 23 heavy (non-hydrogen) atoms. The highest BCUT2D eigenvalue weighted by Crippen LogP contribution is 2.33. The van der Waals surface area contributed by atoms with Crippen molar-refractivity contribution >= 4 is 5.91 Å². The Balaban J connectivity index is 1.57. The third kappa shape index (κ3) is 4.02. The number of carbonyl (C=O) groups is 1. The maximum absolute atomic E-state index is 12.6. The van der Waals surface area contributed by atoms with Crippen molar-refractivity contribution in [2.45, 2.75) is 58.1 Å². The van der Waals surface area contributed by atoms with E-state index in [4.69, 9.17) is 4.74 Å². The Labute approximate surface area is 138 Å². The van der Waals surface area contributed by atoms with E-state index in [1.54, 1.807) is 0 Å². The van der Waals surface area contributed by atoms with E-state index in [0.29, 0.717) is 0 Å². The van der Waals surface area contributed by atoms with Gasteiger partial charge in [-0.15, -0.1) is 0 Å². The minimum atomic E-state index is -0.158. The van der Waals surface area contributed by atoms with Gasteiger partial charge in [0.05, 0.1) is 18.2 Å². The summed E-state index contributed by atoms with van der Waals surface area (Å²) in [7, 11) is 0. The zero-order chi connectivity index (χ0) is 16.1. The van der Waals surface area contributed by atoms with E-state index in [-0.39, 0.29) is 17.9 Å². The van der Waals surface area contributed by atoms with Crippen LogP contribution in [0.5, 0.6) is 0 Å². The number of nitrogens with zero attached hydrogens (tertiary/aromatic N) is 2. The number of aromatic nitrogens is 2. The molecule has 0 unspecified atom stereocenters. The number of hydrogen-bond acceptors (Lipinski definition) is 3. The van der Waals surface area contributed by atoms with Crippen LogP contribution in [0.3, 0.4) is 0 Å². The first kappa shape index (κ1) is 16.2. The molecular weight excluding hydrogens is 290 g/mol. The number of aryl methyl sites for hydroxylation is 1. The fourth-order valence-electron chi connectivity index (χ4n) is 3.52. The van der Waals surface area contributed by atoms with Crippen molar-refractivity contribution in [2.24, 2.45) is 5.92 Å². The summed E-state index contributed by atoms with van der Waals surface area (Å²) in [6.07, 6.45) is 12.5. The van der Waals surface area contributed by atoms with Crippen molar-refractivity contribution in [3.63, 3.8) is 0 Å². The normalized spacial score (nSPS) is 24.5. The van der Waals surface area contributed by atoms with Crippen LogP contribution in [0.1, 0.15) is 57.1 Å². The Morgan fingerprint density at radius 3 is 3.13 bits per heavy atom. The summed E-state index contributed by atoms with van der Waals surface area (Å²) in [5, 5.41) is 7.43. The standard InChI is InChI=1S/C18H27N3O2/c1-2-21-13-15(12-20-21)17-16(8-5-11-23-17)18(22)19-10-9-14-6-3-4-7-14/h6,12-13,16-17H,2-5,7-11H2,1H3,(H,19,22)/t16-,17+/m1/s1. The Morgan fingerprint density at radius 1 is 1.48 bits per heavy atom. The highest BCUT2D eigenvalue weighted by molar-refractivity contribution is 5.79. The zero-order valence-electron chi connectivity index (χ0n) is 14.0. The van der Waals surface area contributed by atoms with Gasteiger partial charge in [0, 0.05) is 31.5 Å². The third-order valence-electron chi connectivity index (χ3n) is 4.85. The van der Waals surface area contributed by atoms with Gasteiger partial charge in [-0.05, 0) is 45.4 Å². The molecule has 3 rings (SSSR count). The summed E-state index contributed by atoms with van der Waals surface area (Å²) < 4.78 is 7.79. The van der Waals surface area contributed by atoms with Gasteiger partial charge in [0.1, 0.15) is 0 Å². The molecule has 0 bridgehead atoms. The summed E-state index contributed by atoms with van der Waals surface area (Å²) in [5.74, 6) is 0.0216. The average molecular weight is 317 g/mol. The van der Waals surface area contributed by atoms with Crippen molar-refractivity contribution in [1.82, 2.24) is 15.1 Å². The smallest absolute Gasteiger partial charge is 0.226 e. The van der Waals surface area contributed by atoms with E-state index < -0.39 is 0 Å². The van der Waals surface area contributed by atoms with E-state index in [9.17, 15) is 4.79 Å². The number of carbonyl (C=O) groups excluding carboxylic acids is 1. The van der Waals surface area contributed by atoms with Gasteiger partial charge in [-0.25, -0.2) is 0 Å². The molecule has 2 aliphatic rings. The first-order chi connectivity index (χ1) is 11.3. The van der Waals surface area contributed by atoms with Gasteiger partial charge in [-0.2, -0.15) is 5.10 Å². The summed E-state index contributed by atoms with van der Waals surface area (Å²) in [6.45, 7) is 4.35. The van der Waals surface area contributed by atoms with Crippen LogP contribution in [0.4, 0.5) is 0 Å². The van der Waals surface area contributed by atoms with Crippen molar-refractivity contribution in [1.29, 1.82) is 0 Å². The molecule has 1 aliphatic heterocycles. The molecule has 5 nitrogen and oxygen atoms in total. The Kier molecular flexibility index (Phi) is 5.49. The molecule has 1 amide bonds. The molecule has 0 spiro atoms. The van der Waals surface area contributed by atoms with Crippen LogP contribution in [0, 0.1) is 5.92 Å². The van der Waals surface area contributed by atoms with E-state index >= 15 is 0 Å². The summed E-state index contributed by atoms with van der Waals surface area (Å²) in [4.78, 5) is 12.6. The van der Waals surface area contributed by atoms with Gasteiger partial charge < -0.3 is 10.1 Å². The van der Waals surface area contributed by atoms with Crippen LogP contribution in [-0.4, -0.2) is 28.8 Å². The van der Waals surface area contributed by atoms with E-state index in [0.717, 1.165) is 44.5 Å². The van der Waals surface area contributed by atoms with Gasteiger partial charge in [-0.1, -0.05) is 11.6 Å². The topological polar surface area (TPSA) is 56.1 Å². The maximum Gasteiger partial charge on any atom is 0.226 e. The quantitative estimate of drug-likeness (QED) is 0.821. The van der Waals surface area contributed by atoms with Gasteiger partial charge in [0.2, 0.25) is 5.91 Å². The second-order valence-electron chi connectivity index (χ2n) is 6.47. The van der Waals surface area contributed by atoms with Gasteiger partial charge in [0.15, 0.2) is 0 Å². The zero-order valence-corrected chi connectivity index (χ0v) is 14.0. The Morgan fingerprint density at radius 2 is 2.39 bits per heavy atom. The van der Waals surface area contributed by atoms with Crippen LogP contribution in [-0.2, 0) is 16.1 Å². The van der Waals surface area contributed by atoms with Gasteiger partial charge in [-0.3, -0.25) is 9.48 Å². The SMILES string of the molecule is CCn1cc([C@@H]2OCCC[C@H]2C(=O)NCCC2=CCCC2)cn1. The molecule has 0 aromatic carbocycles. The van der Waals surface area contributed by atoms with Gasteiger partial charge >= 0.3 is 0 Å². The fourth-order valence-corrected chi connectivity index (χ4v) is 3.52.